The molecule has 0 heterocycles. The molecular formula is C13H20N2O3. The zero-order valence-electron chi connectivity index (χ0n) is 10.7. The SMILES string of the molecule is CC(C)(CO)NC(=O)[C@H](N)Cc1ccc(O)cc1. The molecule has 0 spiro atoms. The van der Waals surface area contributed by atoms with Crippen LogP contribution in [0.3, 0.4) is 0 Å². The van der Waals surface area contributed by atoms with Crippen LogP contribution in [-0.2, 0) is 11.2 Å². The number of benzene rings is 1. The monoisotopic (exact) mass is 252 g/mol. The van der Waals surface area contributed by atoms with Crippen LogP contribution in [0.1, 0.15) is 19.4 Å². The van der Waals surface area contributed by atoms with Crippen LogP contribution in [0.5, 0.6) is 5.75 Å². The number of amides is 1. The van der Waals surface area contributed by atoms with Gasteiger partial charge >= 0.3 is 0 Å². The zero-order chi connectivity index (χ0) is 13.8. The number of aromatic hydroxyl groups is 1. The summed E-state index contributed by atoms with van der Waals surface area (Å²) in [6, 6.07) is 5.87. The van der Waals surface area contributed by atoms with Crippen molar-refractivity contribution in [1.82, 2.24) is 5.32 Å². The van der Waals surface area contributed by atoms with E-state index in [0.717, 1.165) is 5.56 Å². The van der Waals surface area contributed by atoms with Gasteiger partial charge in [-0.25, -0.2) is 0 Å². The van der Waals surface area contributed by atoms with Crippen molar-refractivity contribution in [3.8, 4) is 5.75 Å². The normalized spacial score (nSPS) is 13.1. The molecule has 1 atom stereocenters. The predicted molar refractivity (Wildman–Crippen MR) is 69.1 cm³/mol. The maximum atomic E-state index is 11.8. The molecule has 0 aromatic heterocycles. The van der Waals surface area contributed by atoms with Gasteiger partial charge in [-0.1, -0.05) is 12.1 Å². The van der Waals surface area contributed by atoms with Crippen molar-refractivity contribution in [2.45, 2.75) is 31.8 Å². The van der Waals surface area contributed by atoms with Crippen LogP contribution in [0.25, 0.3) is 0 Å². The van der Waals surface area contributed by atoms with Crippen molar-refractivity contribution >= 4 is 5.91 Å². The smallest absolute Gasteiger partial charge is 0.237 e. The van der Waals surface area contributed by atoms with Gasteiger partial charge in [-0.3, -0.25) is 4.79 Å². The molecule has 1 aromatic rings. The lowest BCUT2D eigenvalue weighted by atomic mass is 10.0. The summed E-state index contributed by atoms with van der Waals surface area (Å²) in [7, 11) is 0. The van der Waals surface area contributed by atoms with Crippen LogP contribution in [0, 0.1) is 0 Å². The number of carbonyl (C=O) groups is 1. The van der Waals surface area contributed by atoms with Gasteiger partial charge in [0.05, 0.1) is 18.2 Å². The van der Waals surface area contributed by atoms with Gasteiger partial charge in [0.25, 0.3) is 0 Å². The number of carbonyl (C=O) groups excluding carboxylic acids is 1. The molecule has 5 nitrogen and oxygen atoms in total. The Morgan fingerprint density at radius 3 is 2.44 bits per heavy atom. The minimum Gasteiger partial charge on any atom is -0.508 e. The fourth-order valence-corrected chi connectivity index (χ4v) is 1.44. The highest BCUT2D eigenvalue weighted by molar-refractivity contribution is 5.82. The highest BCUT2D eigenvalue weighted by Crippen LogP contribution is 2.11. The summed E-state index contributed by atoms with van der Waals surface area (Å²) in [5.74, 6) is -0.125. The van der Waals surface area contributed by atoms with E-state index < -0.39 is 11.6 Å². The second-order valence-electron chi connectivity index (χ2n) is 5.01. The average molecular weight is 252 g/mol. The van der Waals surface area contributed by atoms with E-state index >= 15 is 0 Å². The highest BCUT2D eigenvalue weighted by atomic mass is 16.3. The third-order valence-electron chi connectivity index (χ3n) is 2.59. The molecule has 0 bridgehead atoms. The molecule has 100 valence electrons. The number of aliphatic hydroxyl groups excluding tert-OH is 1. The van der Waals surface area contributed by atoms with E-state index in [1.54, 1.807) is 38.1 Å². The summed E-state index contributed by atoms with van der Waals surface area (Å²) in [5, 5.41) is 20.9. The minimum atomic E-state index is -0.680. The van der Waals surface area contributed by atoms with Gasteiger partial charge < -0.3 is 21.3 Å². The molecule has 1 aromatic carbocycles. The van der Waals surface area contributed by atoms with E-state index in [-0.39, 0.29) is 18.3 Å². The molecule has 5 heteroatoms. The Morgan fingerprint density at radius 2 is 1.94 bits per heavy atom. The summed E-state index contributed by atoms with van der Waals surface area (Å²) in [6.07, 6.45) is 0.383. The summed E-state index contributed by atoms with van der Waals surface area (Å²) >= 11 is 0. The lowest BCUT2D eigenvalue weighted by molar-refractivity contribution is -0.124. The largest absolute Gasteiger partial charge is 0.508 e. The van der Waals surface area contributed by atoms with E-state index in [1.807, 2.05) is 0 Å². The molecule has 0 aliphatic carbocycles. The van der Waals surface area contributed by atoms with E-state index in [1.165, 1.54) is 0 Å². The molecule has 0 aliphatic rings. The van der Waals surface area contributed by atoms with Crippen molar-refractivity contribution in [3.05, 3.63) is 29.8 Å². The van der Waals surface area contributed by atoms with Gasteiger partial charge in [0.2, 0.25) is 5.91 Å². The van der Waals surface area contributed by atoms with E-state index in [4.69, 9.17) is 15.9 Å². The number of phenols is 1. The minimum absolute atomic E-state index is 0.148. The van der Waals surface area contributed by atoms with Crippen molar-refractivity contribution in [3.63, 3.8) is 0 Å². The fraction of sp³-hybridized carbons (Fsp3) is 0.462. The molecule has 0 aliphatic heterocycles. The zero-order valence-corrected chi connectivity index (χ0v) is 10.7. The first-order chi connectivity index (χ1) is 8.34. The Labute approximate surface area is 107 Å². The van der Waals surface area contributed by atoms with Gasteiger partial charge in [-0.2, -0.15) is 0 Å². The quantitative estimate of drug-likeness (QED) is 0.600. The molecule has 0 unspecified atom stereocenters. The van der Waals surface area contributed by atoms with E-state index in [0.29, 0.717) is 6.42 Å². The van der Waals surface area contributed by atoms with Crippen molar-refractivity contribution in [1.29, 1.82) is 0 Å². The predicted octanol–water partition coefficient (Wildman–Crippen LogP) is 0.149. The third kappa shape index (κ3) is 4.35. The van der Waals surface area contributed by atoms with E-state index in [2.05, 4.69) is 5.32 Å². The van der Waals surface area contributed by atoms with Crippen LogP contribution >= 0.6 is 0 Å². The average Bonchev–Trinajstić information content (AvgIpc) is 2.31. The van der Waals surface area contributed by atoms with Crippen LogP contribution in [0.15, 0.2) is 24.3 Å². The van der Waals surface area contributed by atoms with Crippen molar-refractivity contribution < 1.29 is 15.0 Å². The van der Waals surface area contributed by atoms with Crippen LogP contribution in [0.2, 0.25) is 0 Å². The molecule has 1 rings (SSSR count). The third-order valence-corrected chi connectivity index (χ3v) is 2.59. The number of nitrogens with two attached hydrogens (primary N) is 1. The summed E-state index contributed by atoms with van der Waals surface area (Å²) in [5.41, 5.74) is 5.99. The Bertz CT molecular complexity index is 401. The first-order valence-corrected chi connectivity index (χ1v) is 5.80. The molecule has 0 saturated heterocycles. The standard InChI is InChI=1S/C13H20N2O3/c1-13(2,8-16)15-12(18)11(14)7-9-3-5-10(17)6-4-9/h3-6,11,16-17H,7-8,14H2,1-2H3,(H,15,18)/t11-/m1/s1. The number of rotatable bonds is 5. The highest BCUT2D eigenvalue weighted by Gasteiger charge is 2.23. The van der Waals surface area contributed by atoms with Crippen LogP contribution in [0.4, 0.5) is 0 Å². The first-order valence-electron chi connectivity index (χ1n) is 5.80. The van der Waals surface area contributed by atoms with Gasteiger partial charge in [0, 0.05) is 0 Å². The number of nitrogens with one attached hydrogen (secondary N) is 1. The summed E-state index contributed by atoms with van der Waals surface area (Å²) in [6.45, 7) is 3.29. The van der Waals surface area contributed by atoms with Crippen LogP contribution in [-0.4, -0.2) is 34.3 Å². The number of phenolic OH excluding ortho intramolecular Hbond substituents is 1. The lowest BCUT2D eigenvalue weighted by Gasteiger charge is -2.25. The Kier molecular flexibility index (Phi) is 4.69. The Morgan fingerprint density at radius 1 is 1.39 bits per heavy atom. The maximum Gasteiger partial charge on any atom is 0.237 e. The molecular weight excluding hydrogens is 232 g/mol. The molecule has 5 N–H and O–H groups in total. The van der Waals surface area contributed by atoms with E-state index in [9.17, 15) is 4.79 Å². The number of hydrogen-bond acceptors (Lipinski definition) is 4. The second kappa shape index (κ2) is 5.84. The Hall–Kier alpha value is -1.59. The topological polar surface area (TPSA) is 95.6 Å². The van der Waals surface area contributed by atoms with Crippen molar-refractivity contribution in [2.24, 2.45) is 5.73 Å². The number of hydrogen-bond donors (Lipinski definition) is 4. The first kappa shape index (κ1) is 14.5. The van der Waals surface area contributed by atoms with Gasteiger partial charge in [-0.15, -0.1) is 0 Å². The maximum absolute atomic E-state index is 11.8. The Balaban J connectivity index is 2.57. The van der Waals surface area contributed by atoms with Crippen LogP contribution < -0.4 is 11.1 Å². The van der Waals surface area contributed by atoms with Gasteiger partial charge in [0.15, 0.2) is 0 Å². The molecule has 0 saturated carbocycles. The van der Waals surface area contributed by atoms with Gasteiger partial charge in [-0.05, 0) is 38.0 Å². The second-order valence-corrected chi connectivity index (χ2v) is 5.01. The summed E-state index contributed by atoms with van der Waals surface area (Å²) in [4.78, 5) is 11.8. The molecule has 18 heavy (non-hydrogen) atoms. The molecule has 1 amide bonds. The van der Waals surface area contributed by atoms with Crippen molar-refractivity contribution in [2.75, 3.05) is 6.61 Å². The summed E-state index contributed by atoms with van der Waals surface area (Å²) < 4.78 is 0. The van der Waals surface area contributed by atoms with Gasteiger partial charge in [0.1, 0.15) is 5.75 Å². The number of aliphatic hydroxyl groups is 1. The lowest BCUT2D eigenvalue weighted by Crippen LogP contribution is -2.52. The molecule has 0 fully saturated rings. The molecule has 0 radical (unpaired) electrons. The fourth-order valence-electron chi connectivity index (χ4n) is 1.44.